The zero-order valence-electron chi connectivity index (χ0n) is 12.3. The summed E-state index contributed by atoms with van der Waals surface area (Å²) in [5.41, 5.74) is 2.85. The van der Waals surface area contributed by atoms with Gasteiger partial charge in [-0.2, -0.15) is 0 Å². The van der Waals surface area contributed by atoms with Crippen molar-refractivity contribution >= 4 is 21.2 Å². The Labute approximate surface area is 126 Å². The second kappa shape index (κ2) is 5.41. The average Bonchev–Trinajstić information content (AvgIpc) is 3.06. The minimum atomic E-state index is -3.24. The molecule has 112 valence electrons. The third kappa shape index (κ3) is 2.82. The van der Waals surface area contributed by atoms with Crippen molar-refractivity contribution in [1.82, 2.24) is 0 Å². The maximum atomic E-state index is 12.3. The molecule has 0 aromatic heterocycles. The van der Waals surface area contributed by atoms with Gasteiger partial charge in [0.1, 0.15) is 0 Å². The molecule has 0 radical (unpaired) electrons. The van der Waals surface area contributed by atoms with E-state index < -0.39 is 9.84 Å². The number of carbonyl (C=O) groups excluding carboxylic acids is 1. The maximum absolute atomic E-state index is 12.3. The van der Waals surface area contributed by atoms with Gasteiger partial charge in [-0.25, -0.2) is 8.42 Å². The molecule has 2 aliphatic carbocycles. The van der Waals surface area contributed by atoms with Crippen LogP contribution in [-0.4, -0.2) is 20.5 Å². The number of Topliss-reactive ketones (excluding diaryl/α,β-unsaturated/α-hetero) is 1. The van der Waals surface area contributed by atoms with Crippen LogP contribution in [0.5, 0.6) is 0 Å². The van der Waals surface area contributed by atoms with E-state index >= 15 is 0 Å². The van der Waals surface area contributed by atoms with Crippen LogP contribution in [0.15, 0.2) is 34.7 Å². The normalized spacial score (nSPS) is 20.5. The quantitative estimate of drug-likeness (QED) is 0.860. The van der Waals surface area contributed by atoms with E-state index in [1.54, 1.807) is 18.2 Å². The summed E-state index contributed by atoms with van der Waals surface area (Å²) in [5.74, 6) is 0.691. The number of hydrogen-bond donors (Lipinski definition) is 0. The van der Waals surface area contributed by atoms with Gasteiger partial charge in [0.25, 0.3) is 0 Å². The summed E-state index contributed by atoms with van der Waals surface area (Å²) < 4.78 is 23.4. The van der Waals surface area contributed by atoms with E-state index in [4.69, 9.17) is 0 Å². The zero-order chi connectivity index (χ0) is 15.0. The first-order valence-corrected chi connectivity index (χ1v) is 9.42. The van der Waals surface area contributed by atoms with Crippen molar-refractivity contribution in [2.24, 2.45) is 5.92 Å². The first-order chi connectivity index (χ1) is 9.97. The molecular weight excluding hydrogens is 284 g/mol. The zero-order valence-corrected chi connectivity index (χ0v) is 13.1. The van der Waals surface area contributed by atoms with Crippen LogP contribution < -0.4 is 0 Å². The number of rotatable bonds is 3. The average molecular weight is 304 g/mol. The van der Waals surface area contributed by atoms with Crippen LogP contribution >= 0.6 is 0 Å². The summed E-state index contributed by atoms with van der Waals surface area (Å²) in [7, 11) is -3.24. The maximum Gasteiger partial charge on any atom is 0.175 e. The highest BCUT2D eigenvalue weighted by molar-refractivity contribution is 7.90. The van der Waals surface area contributed by atoms with Crippen molar-refractivity contribution in [3.63, 3.8) is 0 Å². The Bertz CT molecular complexity index is 707. The van der Waals surface area contributed by atoms with E-state index in [1.807, 2.05) is 6.07 Å². The fourth-order valence-corrected chi connectivity index (χ4v) is 4.26. The molecule has 1 aromatic rings. The van der Waals surface area contributed by atoms with E-state index in [-0.39, 0.29) is 10.7 Å². The van der Waals surface area contributed by atoms with Crippen molar-refractivity contribution < 1.29 is 13.2 Å². The molecule has 1 fully saturated rings. The minimum absolute atomic E-state index is 0.169. The number of benzene rings is 1. The van der Waals surface area contributed by atoms with Gasteiger partial charge in [-0.05, 0) is 42.9 Å². The van der Waals surface area contributed by atoms with Crippen molar-refractivity contribution in [3.05, 3.63) is 35.4 Å². The van der Waals surface area contributed by atoms with Crippen LogP contribution in [0.4, 0.5) is 0 Å². The summed E-state index contributed by atoms with van der Waals surface area (Å²) in [6.07, 6.45) is 7.43. The first kappa shape index (κ1) is 14.5. The number of hydrogen-bond acceptors (Lipinski definition) is 3. The lowest BCUT2D eigenvalue weighted by molar-refractivity contribution is -0.113. The second-order valence-electron chi connectivity index (χ2n) is 6.10. The van der Waals surface area contributed by atoms with Crippen LogP contribution in [0.1, 0.15) is 44.1 Å². The Kier molecular flexibility index (Phi) is 3.74. The van der Waals surface area contributed by atoms with E-state index in [0.29, 0.717) is 12.3 Å². The van der Waals surface area contributed by atoms with E-state index in [0.717, 1.165) is 30.4 Å². The lowest BCUT2D eigenvalue weighted by Crippen LogP contribution is -2.03. The molecule has 21 heavy (non-hydrogen) atoms. The predicted molar refractivity (Wildman–Crippen MR) is 82.7 cm³/mol. The summed E-state index contributed by atoms with van der Waals surface area (Å²) in [5, 5.41) is 0. The fraction of sp³-hybridized carbons (Fsp3) is 0.471. The number of ketones is 1. The molecule has 2 aliphatic rings. The van der Waals surface area contributed by atoms with Gasteiger partial charge in [-0.1, -0.05) is 30.5 Å². The predicted octanol–water partition coefficient (Wildman–Crippen LogP) is 3.40. The topological polar surface area (TPSA) is 51.2 Å². The number of carbonyl (C=O) groups is 1. The van der Waals surface area contributed by atoms with Crippen LogP contribution in [-0.2, 0) is 14.6 Å². The van der Waals surface area contributed by atoms with E-state index in [9.17, 15) is 13.2 Å². The first-order valence-electron chi connectivity index (χ1n) is 7.53. The molecule has 0 heterocycles. The van der Waals surface area contributed by atoms with Gasteiger partial charge in [0.05, 0.1) is 4.90 Å². The molecule has 0 spiro atoms. The van der Waals surface area contributed by atoms with Crippen LogP contribution in [0, 0.1) is 5.92 Å². The smallest absolute Gasteiger partial charge is 0.175 e. The highest BCUT2D eigenvalue weighted by Crippen LogP contribution is 2.42. The number of allylic oxidation sites excluding steroid dienone is 2. The molecule has 0 aliphatic heterocycles. The largest absolute Gasteiger partial charge is 0.294 e. The standard InChI is InChI=1S/C17H20O3S/c1-21(19,20)14-8-4-7-13(11-14)17-15(9-10-16(17)18)12-5-2-3-6-12/h4,7-8,11-12H,2-3,5-6,9-10H2,1H3. The Hall–Kier alpha value is -1.42. The molecule has 3 rings (SSSR count). The van der Waals surface area contributed by atoms with Gasteiger partial charge in [0.15, 0.2) is 15.6 Å². The molecule has 4 heteroatoms. The van der Waals surface area contributed by atoms with Crippen LogP contribution in [0.2, 0.25) is 0 Å². The summed E-state index contributed by atoms with van der Waals surface area (Å²) in [6.45, 7) is 0. The van der Waals surface area contributed by atoms with Gasteiger partial charge in [0.2, 0.25) is 0 Å². The third-order valence-corrected chi connectivity index (χ3v) is 5.73. The minimum Gasteiger partial charge on any atom is -0.294 e. The van der Waals surface area contributed by atoms with Crippen LogP contribution in [0.25, 0.3) is 5.57 Å². The van der Waals surface area contributed by atoms with Gasteiger partial charge in [-0.3, -0.25) is 4.79 Å². The third-order valence-electron chi connectivity index (χ3n) is 4.62. The van der Waals surface area contributed by atoms with E-state index in [1.165, 1.54) is 24.7 Å². The molecule has 0 atom stereocenters. The SMILES string of the molecule is CS(=O)(=O)c1cccc(C2=C(C3CCCC3)CCC2=O)c1. The Morgan fingerprint density at radius 2 is 1.81 bits per heavy atom. The summed E-state index contributed by atoms with van der Waals surface area (Å²) >= 11 is 0. The second-order valence-corrected chi connectivity index (χ2v) is 8.12. The van der Waals surface area contributed by atoms with Crippen LogP contribution in [0.3, 0.4) is 0 Å². The van der Waals surface area contributed by atoms with Crippen molar-refractivity contribution in [2.45, 2.75) is 43.4 Å². The molecule has 1 aromatic carbocycles. The lowest BCUT2D eigenvalue weighted by Gasteiger charge is -2.14. The molecule has 0 saturated heterocycles. The lowest BCUT2D eigenvalue weighted by atomic mass is 9.91. The molecular formula is C17H20O3S. The summed E-state index contributed by atoms with van der Waals surface area (Å²) in [6, 6.07) is 6.84. The summed E-state index contributed by atoms with van der Waals surface area (Å²) in [4.78, 5) is 12.6. The highest BCUT2D eigenvalue weighted by atomic mass is 32.2. The van der Waals surface area contributed by atoms with Gasteiger partial charge < -0.3 is 0 Å². The monoisotopic (exact) mass is 304 g/mol. The molecule has 1 saturated carbocycles. The molecule has 0 unspecified atom stereocenters. The number of sulfone groups is 1. The Morgan fingerprint density at radius 1 is 1.10 bits per heavy atom. The van der Waals surface area contributed by atoms with Gasteiger partial charge in [-0.15, -0.1) is 0 Å². The van der Waals surface area contributed by atoms with Gasteiger partial charge >= 0.3 is 0 Å². The van der Waals surface area contributed by atoms with Crippen molar-refractivity contribution in [1.29, 1.82) is 0 Å². The molecule has 3 nitrogen and oxygen atoms in total. The molecule has 0 bridgehead atoms. The highest BCUT2D eigenvalue weighted by Gasteiger charge is 2.31. The Balaban J connectivity index is 2.08. The van der Waals surface area contributed by atoms with E-state index in [2.05, 4.69) is 0 Å². The fourth-order valence-electron chi connectivity index (χ4n) is 3.59. The molecule has 0 amide bonds. The van der Waals surface area contributed by atoms with Crippen molar-refractivity contribution in [2.75, 3.05) is 6.26 Å². The molecule has 0 N–H and O–H groups in total. The Morgan fingerprint density at radius 3 is 2.48 bits per heavy atom. The van der Waals surface area contributed by atoms with Crippen molar-refractivity contribution in [3.8, 4) is 0 Å². The van der Waals surface area contributed by atoms with Gasteiger partial charge in [0, 0.05) is 18.2 Å².